The largest absolute Gasteiger partial charge is 0.508 e. The smallest absolute Gasteiger partial charge is 0.259 e. The molecule has 1 aliphatic heterocycles. The number of carbonyl (C=O) groups is 9. The molecular weight excluding hydrogens is 981 g/mol. The summed E-state index contributed by atoms with van der Waals surface area (Å²) in [6.07, 6.45) is -4.75. The molecular formula is C55H76N8O13. The summed E-state index contributed by atoms with van der Waals surface area (Å²) >= 11 is 0. The normalized spacial score (nSPS) is 23.1. The number of nitrogens with two attached hydrogens (primary N) is 1. The van der Waals surface area contributed by atoms with Crippen LogP contribution in [0.5, 0.6) is 11.5 Å². The minimum Gasteiger partial charge on any atom is -0.508 e. The number of hydrogen-bond donors (Lipinski definition) is 10. The third-order valence-electron chi connectivity index (χ3n) is 13.5. The molecule has 0 spiro atoms. The predicted octanol–water partition coefficient (Wildman–Crippen LogP) is 1.26. The van der Waals surface area contributed by atoms with Gasteiger partial charge in [-0.1, -0.05) is 103 Å². The molecule has 0 radical (unpaired) electrons. The van der Waals surface area contributed by atoms with Crippen LogP contribution in [0.1, 0.15) is 97.3 Å². The number of aromatic hydroxyl groups is 2. The Bertz CT molecular complexity index is 2490. The number of aliphatic hydroxyl groups is 2. The zero-order valence-electron chi connectivity index (χ0n) is 44.5. The number of aliphatic hydroxyl groups excluding tert-OH is 2. The number of likely N-dealkylation sites (N-methyl/N-ethyl adjacent to an activating group) is 1. The van der Waals surface area contributed by atoms with E-state index in [9.17, 15) is 58.8 Å². The number of benzene rings is 3. The van der Waals surface area contributed by atoms with Crippen LogP contribution < -0.4 is 32.3 Å². The second-order valence-corrected chi connectivity index (χ2v) is 20.4. The predicted molar refractivity (Wildman–Crippen MR) is 280 cm³/mol. The van der Waals surface area contributed by atoms with Crippen molar-refractivity contribution in [2.45, 2.75) is 154 Å². The third-order valence-corrected chi connectivity index (χ3v) is 13.5. The number of nitrogens with one attached hydrogen (secondary N) is 5. The van der Waals surface area contributed by atoms with E-state index >= 15 is 4.79 Å². The third kappa shape index (κ3) is 17.3. The summed E-state index contributed by atoms with van der Waals surface area (Å²) in [7, 11) is 1.39. The fourth-order valence-electron chi connectivity index (χ4n) is 8.81. The molecule has 0 bridgehead atoms. The standard InChI is InChI=1S/C55H76N8O13/c1-9-32(6)46-54(75)62(8)41(27-35-14-11-10-12-15-35)50(71)59-45(31(4)5)52(73)61-47(33(7)64)55(76)63(53(74)43(67)28-36-20-24-38(66)25-21-36)42(29-44(56)68)51(72)58-40(26-30(2)3)49(70)57-39(48(69)60-46)17-13-16-34-18-22-37(65)23-19-34/h10-12,14-15,18-25,30-33,39-43,45-47,64-67H,9,13,16-17,26-29H2,1-8H3,(H2,56,68)(H,57,70)(H,58,72)(H,59,71)(H,60,69)(H,61,73)/t32-,33+,39-,40-,41-,42-,43?,45-,46-,47-/m0/s1. The summed E-state index contributed by atoms with van der Waals surface area (Å²) in [5, 5.41) is 55.7. The quantitative estimate of drug-likeness (QED) is 0.0912. The maximum Gasteiger partial charge on any atom is 0.259 e. The van der Waals surface area contributed by atoms with E-state index in [0.717, 1.165) is 12.5 Å². The molecule has 76 heavy (non-hydrogen) atoms. The molecule has 3 aromatic carbocycles. The molecule has 1 heterocycles. The highest BCUT2D eigenvalue weighted by Crippen LogP contribution is 2.21. The molecule has 3 aromatic rings. The van der Waals surface area contributed by atoms with Crippen molar-refractivity contribution in [2.24, 2.45) is 23.5 Å². The molecule has 4 rings (SSSR count). The van der Waals surface area contributed by atoms with Crippen LogP contribution in [0.25, 0.3) is 0 Å². The first kappa shape index (κ1) is 61.2. The summed E-state index contributed by atoms with van der Waals surface area (Å²) in [6, 6.07) is 9.08. The van der Waals surface area contributed by atoms with Gasteiger partial charge in [-0.3, -0.25) is 48.1 Å². The van der Waals surface area contributed by atoms with E-state index in [1.807, 2.05) is 6.92 Å². The van der Waals surface area contributed by atoms with Gasteiger partial charge in [0.15, 0.2) is 0 Å². The molecule has 414 valence electrons. The molecule has 1 unspecified atom stereocenters. The Morgan fingerprint density at radius 3 is 1.68 bits per heavy atom. The zero-order valence-corrected chi connectivity index (χ0v) is 44.5. The Hall–Kier alpha value is -7.39. The molecule has 11 N–H and O–H groups in total. The van der Waals surface area contributed by atoms with Gasteiger partial charge in [-0.2, -0.15) is 0 Å². The Labute approximate surface area is 443 Å². The number of amides is 9. The maximum absolute atomic E-state index is 15.0. The van der Waals surface area contributed by atoms with Gasteiger partial charge in [-0.25, -0.2) is 0 Å². The fourth-order valence-corrected chi connectivity index (χ4v) is 8.81. The van der Waals surface area contributed by atoms with Crippen molar-refractivity contribution in [2.75, 3.05) is 7.05 Å². The average Bonchev–Trinajstić information content (AvgIpc) is 3.37. The van der Waals surface area contributed by atoms with Crippen molar-refractivity contribution in [3.63, 3.8) is 0 Å². The van der Waals surface area contributed by atoms with Gasteiger partial charge in [0.2, 0.25) is 41.4 Å². The zero-order chi connectivity index (χ0) is 56.6. The molecule has 21 heteroatoms. The maximum atomic E-state index is 15.0. The van der Waals surface area contributed by atoms with Crippen molar-refractivity contribution in [3.8, 4) is 11.5 Å². The van der Waals surface area contributed by atoms with Gasteiger partial charge < -0.3 is 57.6 Å². The topological polar surface area (TPSA) is 327 Å². The number of phenolic OH excluding ortho intramolecular Hbond substituents is 2. The Morgan fingerprint density at radius 1 is 0.618 bits per heavy atom. The first-order valence-corrected chi connectivity index (χ1v) is 25.7. The summed E-state index contributed by atoms with van der Waals surface area (Å²) < 4.78 is 0. The molecule has 10 atom stereocenters. The lowest BCUT2D eigenvalue weighted by Crippen LogP contribution is -2.65. The van der Waals surface area contributed by atoms with Crippen LogP contribution in [0.15, 0.2) is 78.9 Å². The van der Waals surface area contributed by atoms with E-state index in [1.54, 1.807) is 77.1 Å². The highest BCUT2D eigenvalue weighted by molar-refractivity contribution is 6.07. The number of rotatable bonds is 17. The highest BCUT2D eigenvalue weighted by atomic mass is 16.3. The molecule has 21 nitrogen and oxygen atoms in total. The SMILES string of the molecule is CC[C@H](C)[C@@H]1NC(=O)[C@H](CCCc2ccc(O)cc2)NC(=O)[C@H](CC(C)C)NC(=O)[C@H](CC(N)=O)N(C(=O)C(O)Cc2ccc(O)cc2)C(=O)[C@H]([C@@H](C)O)NC(=O)[C@H](C(C)C)NC(=O)[C@H](Cc2ccccc2)N(C)C1=O. The summed E-state index contributed by atoms with van der Waals surface area (Å²) in [4.78, 5) is 132. The van der Waals surface area contributed by atoms with Crippen LogP contribution in [-0.4, -0.2) is 145 Å². The van der Waals surface area contributed by atoms with Gasteiger partial charge in [-0.05, 0) is 91.3 Å². The van der Waals surface area contributed by atoms with Crippen molar-refractivity contribution >= 4 is 53.2 Å². The first-order chi connectivity index (χ1) is 35.8. The van der Waals surface area contributed by atoms with Crippen molar-refractivity contribution in [1.82, 2.24) is 36.4 Å². The van der Waals surface area contributed by atoms with E-state index in [2.05, 4.69) is 26.6 Å². The Morgan fingerprint density at radius 2 is 1.14 bits per heavy atom. The lowest BCUT2D eigenvalue weighted by molar-refractivity contribution is -0.160. The number of primary amides is 1. The van der Waals surface area contributed by atoms with Crippen LogP contribution in [0.4, 0.5) is 0 Å². The molecule has 1 aliphatic rings. The van der Waals surface area contributed by atoms with Gasteiger partial charge in [0, 0.05) is 19.9 Å². The summed E-state index contributed by atoms with van der Waals surface area (Å²) in [6.45, 7) is 11.2. The molecule has 1 fully saturated rings. The van der Waals surface area contributed by atoms with Crippen LogP contribution in [0.2, 0.25) is 0 Å². The Balaban J connectivity index is 1.96. The van der Waals surface area contributed by atoms with Crippen molar-refractivity contribution in [3.05, 3.63) is 95.6 Å². The molecule has 9 amide bonds. The van der Waals surface area contributed by atoms with Crippen LogP contribution in [-0.2, 0) is 62.4 Å². The highest BCUT2D eigenvalue weighted by Gasteiger charge is 2.45. The van der Waals surface area contributed by atoms with E-state index in [4.69, 9.17) is 5.73 Å². The van der Waals surface area contributed by atoms with Gasteiger partial charge in [-0.15, -0.1) is 0 Å². The Kier molecular flexibility index (Phi) is 22.9. The summed E-state index contributed by atoms with van der Waals surface area (Å²) in [5.74, 6) is -11.5. The van der Waals surface area contributed by atoms with Crippen LogP contribution in [0, 0.1) is 17.8 Å². The number of nitrogens with zero attached hydrogens (tertiary/aromatic N) is 2. The minimum atomic E-state index is -2.23. The monoisotopic (exact) mass is 1060 g/mol. The average molecular weight is 1060 g/mol. The van der Waals surface area contributed by atoms with E-state index < -0.39 is 132 Å². The molecule has 0 aromatic heterocycles. The van der Waals surface area contributed by atoms with Crippen molar-refractivity contribution < 1.29 is 63.6 Å². The lowest BCUT2D eigenvalue weighted by atomic mass is 9.95. The van der Waals surface area contributed by atoms with Crippen LogP contribution in [0.3, 0.4) is 0 Å². The number of imide groups is 1. The molecule has 1 saturated heterocycles. The summed E-state index contributed by atoms with van der Waals surface area (Å²) in [5.41, 5.74) is 7.38. The van der Waals surface area contributed by atoms with E-state index in [1.165, 1.54) is 48.3 Å². The number of phenols is 2. The second kappa shape index (κ2) is 28.5. The molecule has 0 saturated carbocycles. The van der Waals surface area contributed by atoms with E-state index in [-0.39, 0.29) is 53.6 Å². The van der Waals surface area contributed by atoms with Gasteiger partial charge in [0.05, 0.1) is 12.5 Å². The second-order valence-electron chi connectivity index (χ2n) is 20.4. The van der Waals surface area contributed by atoms with E-state index in [0.29, 0.717) is 18.4 Å². The lowest BCUT2D eigenvalue weighted by Gasteiger charge is -2.36. The van der Waals surface area contributed by atoms with Crippen LogP contribution >= 0.6 is 0 Å². The van der Waals surface area contributed by atoms with Gasteiger partial charge >= 0.3 is 0 Å². The van der Waals surface area contributed by atoms with Crippen molar-refractivity contribution in [1.29, 1.82) is 0 Å². The number of carbonyl (C=O) groups excluding carboxylic acids is 9. The molecule has 0 aliphatic carbocycles. The first-order valence-electron chi connectivity index (χ1n) is 25.7. The fraction of sp³-hybridized carbons (Fsp3) is 0.509. The van der Waals surface area contributed by atoms with Gasteiger partial charge in [0.25, 0.3) is 11.8 Å². The minimum absolute atomic E-state index is 0.0184. The number of aryl methyl sites for hydroxylation is 1. The van der Waals surface area contributed by atoms with Gasteiger partial charge in [0.1, 0.15) is 59.9 Å². The number of hydrogen-bond acceptors (Lipinski definition) is 13.